The van der Waals surface area contributed by atoms with Crippen LogP contribution in [0.15, 0.2) is 24.4 Å². The summed E-state index contributed by atoms with van der Waals surface area (Å²) in [4.78, 5) is 0. The average molecular weight is 111 g/mol. The second kappa shape index (κ2) is 1.69. The van der Waals surface area contributed by atoms with Crippen LogP contribution in [-0.4, -0.2) is 5.21 Å². The van der Waals surface area contributed by atoms with Crippen LogP contribution in [0.3, 0.4) is 0 Å². The molecule has 0 aromatic carbocycles. The van der Waals surface area contributed by atoms with Gasteiger partial charge in [0.2, 0.25) is 0 Å². The first-order valence-corrected chi connectivity index (χ1v) is 2.26. The van der Waals surface area contributed by atoms with Gasteiger partial charge < -0.3 is 5.21 Å². The number of pyridine rings is 1. The molecule has 0 spiro atoms. The van der Waals surface area contributed by atoms with Gasteiger partial charge in [-0.05, 0) is 6.07 Å². The van der Waals surface area contributed by atoms with Gasteiger partial charge in [-0.3, -0.25) is 5.73 Å². The minimum Gasteiger partial charge on any atom is -0.350 e. The molecular formula is C5H7N2O+. The highest BCUT2D eigenvalue weighted by Crippen LogP contribution is 1.86. The predicted octanol–water partition coefficient (Wildman–Crippen LogP) is -0.206. The maximum absolute atomic E-state index is 8.71. The summed E-state index contributed by atoms with van der Waals surface area (Å²) < 4.78 is 0.861. The van der Waals surface area contributed by atoms with Gasteiger partial charge in [0, 0.05) is 6.07 Å². The summed E-state index contributed by atoms with van der Waals surface area (Å²) in [7, 11) is 0. The van der Waals surface area contributed by atoms with Gasteiger partial charge in [-0.25, -0.2) is 0 Å². The normalized spacial score (nSPS) is 9.00. The van der Waals surface area contributed by atoms with E-state index in [0.29, 0.717) is 5.82 Å². The van der Waals surface area contributed by atoms with Crippen molar-refractivity contribution in [2.75, 3.05) is 5.73 Å². The van der Waals surface area contributed by atoms with E-state index in [9.17, 15) is 0 Å². The van der Waals surface area contributed by atoms with Crippen LogP contribution >= 0.6 is 0 Å². The van der Waals surface area contributed by atoms with Gasteiger partial charge in [0.15, 0.2) is 0 Å². The summed E-state index contributed by atoms with van der Waals surface area (Å²) >= 11 is 0. The van der Waals surface area contributed by atoms with Gasteiger partial charge in [-0.2, -0.15) is 0 Å². The van der Waals surface area contributed by atoms with Crippen molar-refractivity contribution in [1.29, 1.82) is 0 Å². The van der Waals surface area contributed by atoms with Crippen LogP contribution < -0.4 is 10.5 Å². The Hall–Kier alpha value is -1.25. The molecule has 0 atom stereocenters. The minimum atomic E-state index is 0.340. The molecule has 0 amide bonds. The monoisotopic (exact) mass is 111 g/mol. The maximum Gasteiger partial charge on any atom is 0.311 e. The quantitative estimate of drug-likeness (QED) is 0.359. The Morgan fingerprint density at radius 3 is 2.62 bits per heavy atom. The first-order valence-electron chi connectivity index (χ1n) is 2.26. The van der Waals surface area contributed by atoms with Crippen LogP contribution in [0.2, 0.25) is 0 Å². The van der Waals surface area contributed by atoms with E-state index in [1.54, 1.807) is 18.2 Å². The van der Waals surface area contributed by atoms with Crippen molar-refractivity contribution >= 4 is 5.82 Å². The molecule has 3 N–H and O–H groups in total. The zero-order valence-electron chi connectivity index (χ0n) is 4.28. The van der Waals surface area contributed by atoms with Crippen molar-refractivity contribution in [3.63, 3.8) is 0 Å². The third kappa shape index (κ3) is 0.703. The Bertz CT molecular complexity index is 167. The van der Waals surface area contributed by atoms with E-state index in [4.69, 9.17) is 10.9 Å². The first kappa shape index (κ1) is 4.90. The number of anilines is 1. The highest BCUT2D eigenvalue weighted by molar-refractivity contribution is 5.17. The second-order valence-electron chi connectivity index (χ2n) is 1.47. The summed E-state index contributed by atoms with van der Waals surface area (Å²) in [5.74, 6) is 0.340. The van der Waals surface area contributed by atoms with Crippen LogP contribution in [0.4, 0.5) is 5.82 Å². The van der Waals surface area contributed by atoms with Gasteiger partial charge in [-0.15, -0.1) is 0 Å². The summed E-state index contributed by atoms with van der Waals surface area (Å²) in [5, 5.41) is 8.71. The highest BCUT2D eigenvalue weighted by atomic mass is 16.5. The number of hydrogen-bond donors (Lipinski definition) is 2. The summed E-state index contributed by atoms with van der Waals surface area (Å²) in [5.41, 5.74) is 5.23. The standard InChI is InChI=1S/C5H6N2O/c6-5-3-1-2-4-7(5)8/h1-4,6,8H/p+1. The number of nitrogen functional groups attached to an aromatic ring is 1. The molecule has 0 radical (unpaired) electrons. The lowest BCUT2D eigenvalue weighted by Gasteiger charge is -1.87. The number of nitrogens with two attached hydrogens (primary N) is 1. The van der Waals surface area contributed by atoms with Gasteiger partial charge in [0.25, 0.3) is 0 Å². The fourth-order valence-electron chi connectivity index (χ4n) is 0.448. The Kier molecular flexibility index (Phi) is 1.04. The predicted molar refractivity (Wildman–Crippen MR) is 28.2 cm³/mol. The van der Waals surface area contributed by atoms with Crippen molar-refractivity contribution in [3.8, 4) is 0 Å². The van der Waals surface area contributed by atoms with E-state index in [0.717, 1.165) is 4.73 Å². The van der Waals surface area contributed by atoms with Crippen molar-refractivity contribution in [1.82, 2.24) is 0 Å². The zero-order chi connectivity index (χ0) is 5.98. The van der Waals surface area contributed by atoms with Gasteiger partial charge in [0.1, 0.15) is 6.20 Å². The lowest BCUT2D eigenvalue weighted by atomic mass is 10.5. The maximum atomic E-state index is 8.71. The zero-order valence-corrected chi connectivity index (χ0v) is 4.28. The Balaban J connectivity index is 3.13. The van der Waals surface area contributed by atoms with E-state index < -0.39 is 0 Å². The molecule has 0 aliphatic heterocycles. The molecule has 8 heavy (non-hydrogen) atoms. The molecule has 1 aromatic heterocycles. The van der Waals surface area contributed by atoms with Gasteiger partial charge >= 0.3 is 5.82 Å². The topological polar surface area (TPSA) is 50.1 Å². The van der Waals surface area contributed by atoms with E-state index >= 15 is 0 Å². The fraction of sp³-hybridized carbons (Fsp3) is 0. The number of aromatic nitrogens is 1. The lowest BCUT2D eigenvalue weighted by molar-refractivity contribution is -0.893. The molecule has 1 rings (SSSR count). The minimum absolute atomic E-state index is 0.340. The number of hydrogen-bond acceptors (Lipinski definition) is 2. The Morgan fingerprint density at radius 1 is 1.50 bits per heavy atom. The SMILES string of the molecule is Nc1cccc[n+]1O. The lowest BCUT2D eigenvalue weighted by Crippen LogP contribution is -2.32. The molecular weight excluding hydrogens is 104 g/mol. The summed E-state index contributed by atoms with van der Waals surface area (Å²) in [6.07, 6.45) is 1.47. The molecule has 1 aromatic rings. The average Bonchev–Trinajstić information content (AvgIpc) is 1.77. The third-order valence-electron chi connectivity index (χ3n) is 0.870. The molecule has 0 unspecified atom stereocenters. The van der Waals surface area contributed by atoms with Crippen molar-refractivity contribution < 1.29 is 9.94 Å². The molecule has 0 aliphatic rings. The Morgan fingerprint density at radius 2 is 2.25 bits per heavy atom. The smallest absolute Gasteiger partial charge is 0.311 e. The van der Waals surface area contributed by atoms with Crippen LogP contribution in [0, 0.1) is 0 Å². The highest BCUT2D eigenvalue weighted by Gasteiger charge is 1.94. The van der Waals surface area contributed by atoms with E-state index in [1.807, 2.05) is 0 Å². The van der Waals surface area contributed by atoms with Crippen molar-refractivity contribution in [3.05, 3.63) is 24.4 Å². The molecule has 3 heteroatoms. The second-order valence-corrected chi connectivity index (χ2v) is 1.47. The molecule has 0 fully saturated rings. The summed E-state index contributed by atoms with van der Waals surface area (Å²) in [6.45, 7) is 0. The van der Waals surface area contributed by atoms with Crippen molar-refractivity contribution in [2.24, 2.45) is 0 Å². The van der Waals surface area contributed by atoms with E-state index in [1.165, 1.54) is 6.20 Å². The fourth-order valence-corrected chi connectivity index (χ4v) is 0.448. The van der Waals surface area contributed by atoms with E-state index in [-0.39, 0.29) is 0 Å². The van der Waals surface area contributed by atoms with Crippen LogP contribution in [-0.2, 0) is 0 Å². The van der Waals surface area contributed by atoms with Gasteiger partial charge in [-0.1, -0.05) is 10.8 Å². The molecule has 42 valence electrons. The number of nitrogens with zero attached hydrogens (tertiary/aromatic N) is 1. The van der Waals surface area contributed by atoms with Crippen LogP contribution in [0.1, 0.15) is 0 Å². The number of rotatable bonds is 0. The molecule has 0 saturated carbocycles. The van der Waals surface area contributed by atoms with Crippen LogP contribution in [0.5, 0.6) is 0 Å². The van der Waals surface area contributed by atoms with Gasteiger partial charge in [0.05, 0.1) is 0 Å². The third-order valence-corrected chi connectivity index (χ3v) is 0.870. The molecule has 1 heterocycles. The summed E-state index contributed by atoms with van der Waals surface area (Å²) in [6, 6.07) is 5.05. The van der Waals surface area contributed by atoms with E-state index in [2.05, 4.69) is 0 Å². The Labute approximate surface area is 46.9 Å². The van der Waals surface area contributed by atoms with Crippen LogP contribution in [0.25, 0.3) is 0 Å². The first-order chi connectivity index (χ1) is 3.80. The molecule has 0 bridgehead atoms. The molecule has 0 aliphatic carbocycles. The largest absolute Gasteiger partial charge is 0.350 e. The van der Waals surface area contributed by atoms with Crippen molar-refractivity contribution in [2.45, 2.75) is 0 Å². The molecule has 0 saturated heterocycles. The molecule has 3 nitrogen and oxygen atoms in total.